The van der Waals surface area contributed by atoms with Gasteiger partial charge in [0.1, 0.15) is 10.8 Å². The number of thiocarbonyl (C=S) groups is 1. The molecule has 3 nitrogen and oxygen atoms in total. The van der Waals surface area contributed by atoms with Crippen molar-refractivity contribution >= 4 is 40.3 Å². The molecule has 1 aromatic carbocycles. The van der Waals surface area contributed by atoms with E-state index in [9.17, 15) is 13.2 Å². The Labute approximate surface area is 128 Å². The first-order valence-electron chi connectivity index (χ1n) is 5.67. The van der Waals surface area contributed by atoms with E-state index in [1.54, 1.807) is 18.2 Å². The fourth-order valence-corrected chi connectivity index (χ4v) is 1.96. The smallest absolute Gasteiger partial charge is 0.388 e. The quantitative estimate of drug-likeness (QED) is 0.830. The van der Waals surface area contributed by atoms with Crippen LogP contribution in [-0.4, -0.2) is 9.97 Å². The van der Waals surface area contributed by atoms with Crippen LogP contribution in [0, 0.1) is 0 Å². The maximum Gasteiger partial charge on any atom is 0.416 e. The lowest BCUT2D eigenvalue weighted by Crippen LogP contribution is -2.12. The van der Waals surface area contributed by atoms with Crippen molar-refractivity contribution in [3.63, 3.8) is 0 Å². The number of nitrogens with zero attached hydrogens (tertiary/aromatic N) is 1. The lowest BCUT2D eigenvalue weighted by Gasteiger charge is -2.11. The van der Waals surface area contributed by atoms with Crippen LogP contribution in [0.1, 0.15) is 11.3 Å². The second-order valence-corrected chi connectivity index (χ2v) is 5.00. The third-order valence-electron chi connectivity index (χ3n) is 2.50. The summed E-state index contributed by atoms with van der Waals surface area (Å²) in [4.78, 5) is 4.19. The van der Waals surface area contributed by atoms with Crippen molar-refractivity contribution in [1.29, 1.82) is 0 Å². The van der Waals surface area contributed by atoms with E-state index in [4.69, 9.17) is 29.6 Å². The van der Waals surface area contributed by atoms with Gasteiger partial charge in [-0.05, 0) is 30.3 Å². The van der Waals surface area contributed by atoms with Gasteiger partial charge < -0.3 is 11.1 Å². The summed E-state index contributed by atoms with van der Waals surface area (Å²) >= 11 is 10.5. The van der Waals surface area contributed by atoms with Gasteiger partial charge in [-0.25, -0.2) is 4.98 Å². The van der Waals surface area contributed by atoms with Crippen molar-refractivity contribution in [2.45, 2.75) is 6.18 Å². The molecular formula is C13H9ClF3N3S. The fraction of sp³-hybridized carbons (Fsp3) is 0.0769. The van der Waals surface area contributed by atoms with Crippen molar-refractivity contribution < 1.29 is 13.2 Å². The summed E-state index contributed by atoms with van der Waals surface area (Å²) in [6.07, 6.45) is -4.48. The van der Waals surface area contributed by atoms with Gasteiger partial charge in [0.2, 0.25) is 0 Å². The first-order chi connectivity index (χ1) is 9.75. The van der Waals surface area contributed by atoms with E-state index in [2.05, 4.69) is 10.3 Å². The van der Waals surface area contributed by atoms with Gasteiger partial charge in [0.25, 0.3) is 0 Å². The second-order valence-electron chi connectivity index (χ2n) is 4.12. The summed E-state index contributed by atoms with van der Waals surface area (Å²) in [5.41, 5.74) is 5.15. The summed E-state index contributed by atoms with van der Waals surface area (Å²) in [7, 11) is 0. The van der Waals surface area contributed by atoms with Crippen LogP contribution >= 0.6 is 23.8 Å². The minimum absolute atomic E-state index is 0.0298. The zero-order valence-electron chi connectivity index (χ0n) is 10.4. The van der Waals surface area contributed by atoms with Crippen LogP contribution < -0.4 is 11.1 Å². The number of nitrogens with one attached hydrogen (secondary N) is 1. The number of pyridine rings is 1. The summed E-state index contributed by atoms with van der Waals surface area (Å²) in [5, 5.41) is 2.71. The molecule has 1 aromatic heterocycles. The number of hydrogen-bond acceptors (Lipinski definition) is 3. The van der Waals surface area contributed by atoms with Crippen molar-refractivity contribution in [1.82, 2.24) is 4.98 Å². The van der Waals surface area contributed by atoms with Crippen molar-refractivity contribution in [3.05, 3.63) is 52.7 Å². The van der Waals surface area contributed by atoms with Crippen LogP contribution in [0.5, 0.6) is 0 Å². The molecule has 0 bridgehead atoms. The molecule has 2 rings (SSSR count). The highest BCUT2D eigenvalue weighted by Gasteiger charge is 2.31. The standard InChI is InChI=1S/C13H9ClF3N3S/c14-8-4-7(13(15,16)17)5-9(6-8)19-11-3-1-2-10(20-11)12(18)21/h1-6H,(H2,18,21)(H,19,20). The molecule has 0 spiro atoms. The lowest BCUT2D eigenvalue weighted by atomic mass is 10.2. The highest BCUT2D eigenvalue weighted by atomic mass is 35.5. The van der Waals surface area contributed by atoms with E-state index in [-0.39, 0.29) is 15.7 Å². The molecule has 21 heavy (non-hydrogen) atoms. The third kappa shape index (κ3) is 4.05. The highest BCUT2D eigenvalue weighted by molar-refractivity contribution is 7.80. The number of hydrogen-bond donors (Lipinski definition) is 2. The molecule has 8 heteroatoms. The average molecular weight is 332 g/mol. The van der Waals surface area contributed by atoms with Gasteiger partial charge in [0.05, 0.1) is 11.3 Å². The zero-order chi connectivity index (χ0) is 15.6. The van der Waals surface area contributed by atoms with Crippen molar-refractivity contribution in [2.24, 2.45) is 5.73 Å². The summed E-state index contributed by atoms with van der Waals surface area (Å²) in [6.45, 7) is 0. The zero-order valence-corrected chi connectivity index (χ0v) is 12.0. The van der Waals surface area contributed by atoms with Gasteiger partial charge in [0.15, 0.2) is 0 Å². The van der Waals surface area contributed by atoms with E-state index < -0.39 is 11.7 Å². The molecule has 0 saturated carbocycles. The number of alkyl halides is 3. The monoisotopic (exact) mass is 331 g/mol. The molecule has 0 aliphatic rings. The Bertz CT molecular complexity index is 689. The van der Waals surface area contributed by atoms with Crippen LogP contribution in [0.25, 0.3) is 0 Å². The Kier molecular flexibility index (Phi) is 4.34. The molecule has 0 fully saturated rings. The minimum atomic E-state index is -4.48. The molecular weight excluding hydrogens is 323 g/mol. The molecule has 2 aromatic rings. The Morgan fingerprint density at radius 2 is 1.95 bits per heavy atom. The van der Waals surface area contributed by atoms with Gasteiger partial charge in [0, 0.05) is 10.7 Å². The Morgan fingerprint density at radius 3 is 2.57 bits per heavy atom. The van der Waals surface area contributed by atoms with Gasteiger partial charge in [-0.1, -0.05) is 29.9 Å². The van der Waals surface area contributed by atoms with E-state index in [1.807, 2.05) is 0 Å². The summed E-state index contributed by atoms with van der Waals surface area (Å²) in [6, 6.07) is 7.99. The van der Waals surface area contributed by atoms with Gasteiger partial charge in [-0.2, -0.15) is 13.2 Å². The normalized spacial score (nSPS) is 11.2. The number of benzene rings is 1. The molecule has 3 N–H and O–H groups in total. The van der Waals surface area contributed by atoms with E-state index >= 15 is 0 Å². The topological polar surface area (TPSA) is 50.9 Å². The van der Waals surface area contributed by atoms with Gasteiger partial charge >= 0.3 is 6.18 Å². The third-order valence-corrected chi connectivity index (χ3v) is 2.93. The first-order valence-corrected chi connectivity index (χ1v) is 6.46. The molecule has 1 heterocycles. The number of nitrogens with two attached hydrogens (primary N) is 1. The maximum absolute atomic E-state index is 12.7. The predicted molar refractivity (Wildman–Crippen MR) is 79.9 cm³/mol. The van der Waals surface area contributed by atoms with Crippen LogP contribution in [0.4, 0.5) is 24.7 Å². The maximum atomic E-state index is 12.7. The van der Waals surface area contributed by atoms with Crippen LogP contribution in [0.3, 0.4) is 0 Å². The van der Waals surface area contributed by atoms with Crippen LogP contribution in [0.2, 0.25) is 5.02 Å². The molecule has 0 radical (unpaired) electrons. The number of anilines is 2. The Hall–Kier alpha value is -1.86. The molecule has 0 saturated heterocycles. The number of rotatable bonds is 3. The predicted octanol–water partition coefficient (Wildman–Crippen LogP) is 4.13. The molecule has 0 unspecified atom stereocenters. The van der Waals surface area contributed by atoms with Gasteiger partial charge in [-0.3, -0.25) is 0 Å². The molecule has 0 atom stereocenters. The van der Waals surface area contributed by atoms with E-state index in [1.165, 1.54) is 6.07 Å². The summed E-state index contributed by atoms with van der Waals surface area (Å²) in [5.74, 6) is 0.315. The molecule has 0 amide bonds. The fourth-order valence-electron chi connectivity index (χ4n) is 1.61. The van der Waals surface area contributed by atoms with Crippen molar-refractivity contribution in [2.75, 3.05) is 5.32 Å². The van der Waals surface area contributed by atoms with Crippen LogP contribution in [-0.2, 0) is 6.18 Å². The Morgan fingerprint density at radius 1 is 1.24 bits per heavy atom. The lowest BCUT2D eigenvalue weighted by molar-refractivity contribution is -0.137. The van der Waals surface area contributed by atoms with E-state index in [0.717, 1.165) is 12.1 Å². The van der Waals surface area contributed by atoms with Crippen molar-refractivity contribution in [3.8, 4) is 0 Å². The number of aromatic nitrogens is 1. The van der Waals surface area contributed by atoms with E-state index in [0.29, 0.717) is 11.5 Å². The number of halogens is 4. The molecule has 0 aliphatic carbocycles. The first kappa shape index (κ1) is 15.5. The molecule has 0 aliphatic heterocycles. The second kappa shape index (κ2) is 5.87. The molecule has 110 valence electrons. The largest absolute Gasteiger partial charge is 0.416 e. The minimum Gasteiger partial charge on any atom is -0.388 e. The summed E-state index contributed by atoms with van der Waals surface area (Å²) < 4.78 is 38.2. The highest BCUT2D eigenvalue weighted by Crippen LogP contribution is 2.33. The van der Waals surface area contributed by atoms with Crippen LogP contribution in [0.15, 0.2) is 36.4 Å². The SMILES string of the molecule is NC(=S)c1cccc(Nc2cc(Cl)cc(C(F)(F)F)c2)n1. The average Bonchev–Trinajstić information content (AvgIpc) is 2.37. The Balaban J connectivity index is 2.33. The van der Waals surface area contributed by atoms with Gasteiger partial charge in [-0.15, -0.1) is 0 Å².